The number of anilines is 1. The Kier molecular flexibility index (Phi) is 3.94. The van der Waals surface area contributed by atoms with Crippen molar-refractivity contribution >= 4 is 32.6 Å². The molecule has 3 aromatic rings. The average Bonchev–Trinajstić information content (AvgIpc) is 3.05. The van der Waals surface area contributed by atoms with Crippen LogP contribution in [0.3, 0.4) is 0 Å². The van der Waals surface area contributed by atoms with Crippen LogP contribution in [0.25, 0.3) is 10.2 Å². The number of rotatable bonds is 3. The van der Waals surface area contributed by atoms with E-state index in [0.29, 0.717) is 13.1 Å². The van der Waals surface area contributed by atoms with Crippen molar-refractivity contribution in [2.75, 3.05) is 25.0 Å². The number of thiazole rings is 1. The normalized spacial score (nSPS) is 13.8. The van der Waals surface area contributed by atoms with Crippen LogP contribution in [0, 0.1) is 0 Å². The van der Waals surface area contributed by atoms with Gasteiger partial charge in [-0.15, -0.1) is 0 Å². The van der Waals surface area contributed by atoms with E-state index in [9.17, 15) is 4.79 Å². The summed E-state index contributed by atoms with van der Waals surface area (Å²) in [5.74, 6) is 0.159. The van der Waals surface area contributed by atoms with Crippen LogP contribution in [0.15, 0.2) is 48.5 Å². The van der Waals surface area contributed by atoms with Gasteiger partial charge in [0.15, 0.2) is 5.13 Å². The molecule has 0 spiro atoms. The summed E-state index contributed by atoms with van der Waals surface area (Å²) in [6, 6.07) is 16.5. The molecule has 4 rings (SSSR count). The van der Waals surface area contributed by atoms with E-state index in [-0.39, 0.29) is 5.91 Å². The first-order chi connectivity index (χ1) is 11.7. The second kappa shape index (κ2) is 6.24. The minimum absolute atomic E-state index is 0.159. The third kappa shape index (κ3) is 2.87. The second-order valence-corrected chi connectivity index (χ2v) is 7.16. The first-order valence-corrected chi connectivity index (χ1v) is 8.93. The Morgan fingerprint density at radius 2 is 1.92 bits per heavy atom. The minimum Gasteiger partial charge on any atom is -0.342 e. The Hall–Kier alpha value is -2.40. The molecular weight excluding hydrogens is 318 g/mol. The molecule has 0 saturated heterocycles. The van der Waals surface area contributed by atoms with Crippen LogP contribution in [0.2, 0.25) is 0 Å². The molecule has 0 aliphatic carbocycles. The number of fused-ring (bicyclic) bond motifs is 2. The molecule has 0 radical (unpaired) electrons. The molecule has 0 saturated carbocycles. The predicted molar refractivity (Wildman–Crippen MR) is 98.5 cm³/mol. The van der Waals surface area contributed by atoms with Gasteiger partial charge in [0.2, 0.25) is 5.91 Å². The molecule has 2 heterocycles. The molecule has 4 nitrogen and oxygen atoms in total. The van der Waals surface area contributed by atoms with Crippen molar-refractivity contribution in [3.8, 4) is 0 Å². The number of nitrogens with zero attached hydrogens (tertiary/aromatic N) is 3. The third-order valence-electron chi connectivity index (χ3n) is 4.46. The molecule has 1 amide bonds. The lowest BCUT2D eigenvalue weighted by molar-refractivity contribution is -0.130. The quantitative estimate of drug-likeness (QED) is 0.736. The summed E-state index contributed by atoms with van der Waals surface area (Å²) < 4.78 is 1.15. The highest BCUT2D eigenvalue weighted by atomic mass is 32.1. The van der Waals surface area contributed by atoms with Crippen molar-refractivity contribution in [2.45, 2.75) is 13.0 Å². The lowest BCUT2D eigenvalue weighted by Crippen LogP contribution is -2.41. The molecule has 5 heteroatoms. The predicted octanol–water partition coefficient (Wildman–Crippen LogP) is 3.32. The molecule has 0 atom stereocenters. The first-order valence-electron chi connectivity index (χ1n) is 8.12. The molecule has 1 aliphatic rings. The topological polar surface area (TPSA) is 36.4 Å². The fraction of sp³-hybridized carbons (Fsp3) is 0.263. The zero-order chi connectivity index (χ0) is 16.5. The molecule has 122 valence electrons. The number of para-hydroxylation sites is 1. The zero-order valence-electron chi connectivity index (χ0n) is 13.6. The Balaban J connectivity index is 1.46. The van der Waals surface area contributed by atoms with Gasteiger partial charge in [0.25, 0.3) is 0 Å². The number of carbonyl (C=O) groups excluding carboxylic acids is 1. The number of aromatic nitrogens is 1. The molecule has 2 aromatic carbocycles. The maximum atomic E-state index is 12.7. The maximum Gasteiger partial charge on any atom is 0.242 e. The first kappa shape index (κ1) is 15.1. The highest BCUT2D eigenvalue weighted by molar-refractivity contribution is 7.22. The molecule has 0 bridgehead atoms. The SMILES string of the molecule is CN(CC(=O)N1CCc2ccccc2C1)c1nc2ccccc2s1. The van der Waals surface area contributed by atoms with Gasteiger partial charge < -0.3 is 9.80 Å². The van der Waals surface area contributed by atoms with Crippen LogP contribution in [-0.2, 0) is 17.8 Å². The standard InChI is InChI=1S/C19H19N3OS/c1-21(19-20-16-8-4-5-9-17(16)24-19)13-18(23)22-11-10-14-6-2-3-7-15(14)12-22/h2-9H,10-13H2,1H3. The summed E-state index contributed by atoms with van der Waals surface area (Å²) in [7, 11) is 1.94. The van der Waals surface area contributed by atoms with E-state index < -0.39 is 0 Å². The van der Waals surface area contributed by atoms with Gasteiger partial charge in [0.1, 0.15) is 0 Å². The molecule has 0 N–H and O–H groups in total. The summed E-state index contributed by atoms with van der Waals surface area (Å²) in [6.07, 6.45) is 0.937. The molecule has 0 unspecified atom stereocenters. The van der Waals surface area contributed by atoms with Gasteiger partial charge in [0.05, 0.1) is 16.8 Å². The van der Waals surface area contributed by atoms with Crippen molar-refractivity contribution in [2.24, 2.45) is 0 Å². The van der Waals surface area contributed by atoms with Crippen molar-refractivity contribution in [1.29, 1.82) is 0 Å². The smallest absolute Gasteiger partial charge is 0.242 e. The van der Waals surface area contributed by atoms with E-state index in [1.54, 1.807) is 11.3 Å². The third-order valence-corrected chi connectivity index (χ3v) is 5.62. The summed E-state index contributed by atoms with van der Waals surface area (Å²) in [4.78, 5) is 21.2. The van der Waals surface area contributed by atoms with Gasteiger partial charge in [-0.3, -0.25) is 4.79 Å². The Labute approximate surface area is 145 Å². The van der Waals surface area contributed by atoms with E-state index in [1.807, 2.05) is 41.1 Å². The minimum atomic E-state index is 0.159. The van der Waals surface area contributed by atoms with E-state index in [1.165, 1.54) is 11.1 Å². The molecule has 1 aromatic heterocycles. The molecular formula is C19H19N3OS. The van der Waals surface area contributed by atoms with Gasteiger partial charge in [-0.25, -0.2) is 4.98 Å². The van der Waals surface area contributed by atoms with Gasteiger partial charge >= 0.3 is 0 Å². The Bertz CT molecular complexity index is 856. The van der Waals surface area contributed by atoms with E-state index in [4.69, 9.17) is 0 Å². The van der Waals surface area contributed by atoms with Crippen LogP contribution in [0.4, 0.5) is 5.13 Å². The van der Waals surface area contributed by atoms with Gasteiger partial charge in [-0.1, -0.05) is 47.7 Å². The van der Waals surface area contributed by atoms with Gasteiger partial charge in [-0.2, -0.15) is 0 Å². The summed E-state index contributed by atoms with van der Waals surface area (Å²) in [6.45, 7) is 1.87. The van der Waals surface area contributed by atoms with Crippen LogP contribution in [0.1, 0.15) is 11.1 Å². The summed E-state index contributed by atoms with van der Waals surface area (Å²) in [5.41, 5.74) is 3.62. The van der Waals surface area contributed by atoms with Crippen molar-refractivity contribution < 1.29 is 4.79 Å². The van der Waals surface area contributed by atoms with E-state index in [2.05, 4.69) is 29.2 Å². The number of hydrogen-bond donors (Lipinski definition) is 0. The number of benzene rings is 2. The van der Waals surface area contributed by atoms with Crippen molar-refractivity contribution in [3.63, 3.8) is 0 Å². The van der Waals surface area contributed by atoms with E-state index >= 15 is 0 Å². The highest BCUT2D eigenvalue weighted by Crippen LogP contribution is 2.28. The van der Waals surface area contributed by atoms with Crippen molar-refractivity contribution in [3.05, 3.63) is 59.7 Å². The lowest BCUT2D eigenvalue weighted by Gasteiger charge is -2.30. The largest absolute Gasteiger partial charge is 0.342 e. The van der Waals surface area contributed by atoms with Crippen LogP contribution < -0.4 is 4.90 Å². The fourth-order valence-corrected chi connectivity index (χ4v) is 4.03. The Morgan fingerprint density at radius 1 is 1.17 bits per heavy atom. The monoisotopic (exact) mass is 337 g/mol. The molecule has 24 heavy (non-hydrogen) atoms. The van der Waals surface area contributed by atoms with Gasteiger partial charge in [0, 0.05) is 20.1 Å². The highest BCUT2D eigenvalue weighted by Gasteiger charge is 2.22. The van der Waals surface area contributed by atoms with Crippen LogP contribution >= 0.6 is 11.3 Å². The molecule has 1 aliphatic heterocycles. The van der Waals surface area contributed by atoms with Crippen LogP contribution in [-0.4, -0.2) is 35.9 Å². The fourth-order valence-electron chi connectivity index (χ4n) is 3.10. The number of amides is 1. The molecule has 0 fully saturated rings. The van der Waals surface area contributed by atoms with E-state index in [0.717, 1.165) is 28.3 Å². The summed E-state index contributed by atoms with van der Waals surface area (Å²) >= 11 is 1.63. The van der Waals surface area contributed by atoms with Gasteiger partial charge in [-0.05, 0) is 29.7 Å². The Morgan fingerprint density at radius 3 is 2.75 bits per heavy atom. The van der Waals surface area contributed by atoms with Crippen LogP contribution in [0.5, 0.6) is 0 Å². The average molecular weight is 337 g/mol. The zero-order valence-corrected chi connectivity index (χ0v) is 14.4. The number of carbonyl (C=O) groups is 1. The number of hydrogen-bond acceptors (Lipinski definition) is 4. The second-order valence-electron chi connectivity index (χ2n) is 6.15. The number of likely N-dealkylation sites (N-methyl/N-ethyl adjacent to an activating group) is 1. The lowest BCUT2D eigenvalue weighted by atomic mass is 10.00. The maximum absolute atomic E-state index is 12.7. The summed E-state index contributed by atoms with van der Waals surface area (Å²) in [5, 5.41) is 0.891. The van der Waals surface area contributed by atoms with Crippen molar-refractivity contribution in [1.82, 2.24) is 9.88 Å².